The Kier molecular flexibility index (Phi) is 8.14. The van der Waals surface area contributed by atoms with E-state index in [2.05, 4.69) is 29.2 Å². The summed E-state index contributed by atoms with van der Waals surface area (Å²) in [6.07, 6.45) is 1.68. The van der Waals surface area contributed by atoms with Gasteiger partial charge >= 0.3 is 0 Å². The van der Waals surface area contributed by atoms with Gasteiger partial charge in [-0.3, -0.25) is 9.48 Å². The summed E-state index contributed by atoms with van der Waals surface area (Å²) in [5, 5.41) is 7.91. The molecule has 8 heteroatoms. The Hall–Kier alpha value is -3.03. The van der Waals surface area contributed by atoms with Crippen LogP contribution < -0.4 is 14.8 Å². The highest BCUT2D eigenvalue weighted by atomic mass is 35.5. The minimum absolute atomic E-state index is 0.285. The topological polar surface area (TPSA) is 68.6 Å². The van der Waals surface area contributed by atoms with Gasteiger partial charge in [0.1, 0.15) is 12.3 Å². The zero-order chi connectivity index (χ0) is 23.1. The lowest BCUT2D eigenvalue weighted by molar-refractivity contribution is 0.102. The fraction of sp³-hybridized carbons (Fsp3) is 0.333. The third-order valence-corrected chi connectivity index (χ3v) is 5.51. The van der Waals surface area contributed by atoms with Gasteiger partial charge in [0.15, 0.2) is 11.5 Å². The van der Waals surface area contributed by atoms with Crippen LogP contribution in [0.15, 0.2) is 48.7 Å². The summed E-state index contributed by atoms with van der Waals surface area (Å²) >= 11 is 6.34. The number of hydrogen-bond acceptors (Lipinski definition) is 5. The molecular formula is C24H29ClN4O3. The van der Waals surface area contributed by atoms with E-state index in [9.17, 15) is 4.79 Å². The molecular weight excluding hydrogens is 428 g/mol. The van der Waals surface area contributed by atoms with Crippen LogP contribution in [0.1, 0.15) is 24.2 Å². The predicted molar refractivity (Wildman–Crippen MR) is 128 cm³/mol. The molecule has 0 aliphatic carbocycles. The zero-order valence-corrected chi connectivity index (χ0v) is 19.6. The van der Waals surface area contributed by atoms with Crippen LogP contribution in [0.2, 0.25) is 5.02 Å². The molecule has 170 valence electrons. The molecule has 1 amide bonds. The standard InChI is InChI=1S/C24H29ClN4O3/c1-5-29(6-2)13-14-32-22-15-17(11-12-21(22)31-4)26-24(30)19-16-28(3)27-23(19)18-9-7-8-10-20(18)25/h7-12,15-16H,5-6,13-14H2,1-4H3,(H,26,30). The van der Waals surface area contributed by atoms with Gasteiger partial charge in [-0.1, -0.05) is 43.6 Å². The molecule has 0 aliphatic rings. The Labute approximate surface area is 193 Å². The molecule has 32 heavy (non-hydrogen) atoms. The molecule has 0 bridgehead atoms. The van der Waals surface area contributed by atoms with Crippen LogP contribution in [0.25, 0.3) is 11.3 Å². The zero-order valence-electron chi connectivity index (χ0n) is 18.9. The first-order chi connectivity index (χ1) is 15.5. The number of likely N-dealkylation sites (N-methyl/N-ethyl adjacent to an activating group) is 1. The van der Waals surface area contributed by atoms with Gasteiger partial charge in [-0.2, -0.15) is 5.10 Å². The second-order valence-electron chi connectivity index (χ2n) is 7.24. The number of nitrogens with zero attached hydrogens (tertiary/aromatic N) is 3. The molecule has 2 aromatic carbocycles. The highest BCUT2D eigenvalue weighted by Gasteiger charge is 2.19. The first-order valence-corrected chi connectivity index (χ1v) is 11.0. The summed E-state index contributed by atoms with van der Waals surface area (Å²) < 4.78 is 13.0. The van der Waals surface area contributed by atoms with Crippen molar-refractivity contribution in [2.75, 3.05) is 38.7 Å². The number of rotatable bonds is 10. The van der Waals surface area contributed by atoms with E-state index in [0.717, 1.165) is 19.6 Å². The van der Waals surface area contributed by atoms with Gasteiger partial charge in [0.05, 0.1) is 17.7 Å². The lowest BCUT2D eigenvalue weighted by atomic mass is 10.1. The molecule has 0 spiro atoms. The number of carbonyl (C=O) groups excluding carboxylic acids is 1. The van der Waals surface area contributed by atoms with E-state index in [4.69, 9.17) is 21.1 Å². The maximum Gasteiger partial charge on any atom is 0.259 e. The molecule has 0 unspecified atom stereocenters. The maximum atomic E-state index is 13.1. The molecule has 0 saturated carbocycles. The number of methoxy groups -OCH3 is 1. The monoisotopic (exact) mass is 456 g/mol. The summed E-state index contributed by atoms with van der Waals surface area (Å²) in [6.45, 7) is 7.50. The van der Waals surface area contributed by atoms with Gasteiger partial charge in [0.25, 0.3) is 5.91 Å². The van der Waals surface area contributed by atoms with Crippen LogP contribution in [0, 0.1) is 0 Å². The van der Waals surface area contributed by atoms with Crippen LogP contribution in [-0.2, 0) is 7.05 Å². The number of aromatic nitrogens is 2. The van der Waals surface area contributed by atoms with Crippen molar-refractivity contribution in [3.63, 3.8) is 0 Å². The Morgan fingerprint density at radius 2 is 1.91 bits per heavy atom. The number of anilines is 1. The first kappa shape index (κ1) is 23.6. The quantitative estimate of drug-likeness (QED) is 0.478. The second kappa shape index (κ2) is 11.0. The third-order valence-electron chi connectivity index (χ3n) is 5.18. The molecule has 1 aromatic heterocycles. The molecule has 0 saturated heterocycles. The van der Waals surface area contributed by atoms with Crippen LogP contribution in [-0.4, -0.2) is 53.9 Å². The van der Waals surface area contributed by atoms with Crippen molar-refractivity contribution in [2.45, 2.75) is 13.8 Å². The fourth-order valence-corrected chi connectivity index (χ4v) is 3.62. The van der Waals surface area contributed by atoms with Crippen LogP contribution in [0.5, 0.6) is 11.5 Å². The number of ether oxygens (including phenoxy) is 2. The minimum atomic E-state index is -0.285. The van der Waals surface area contributed by atoms with Gasteiger partial charge < -0.3 is 19.7 Å². The van der Waals surface area contributed by atoms with E-state index < -0.39 is 0 Å². The lowest BCUT2D eigenvalue weighted by Gasteiger charge is -2.19. The molecule has 3 aromatic rings. The summed E-state index contributed by atoms with van der Waals surface area (Å²) in [5.74, 6) is 0.905. The third kappa shape index (κ3) is 5.60. The summed E-state index contributed by atoms with van der Waals surface area (Å²) in [6, 6.07) is 12.6. The van der Waals surface area contributed by atoms with Crippen LogP contribution in [0.4, 0.5) is 5.69 Å². The molecule has 1 heterocycles. The Morgan fingerprint density at radius 1 is 1.16 bits per heavy atom. The second-order valence-corrected chi connectivity index (χ2v) is 7.65. The summed E-state index contributed by atoms with van der Waals surface area (Å²) in [4.78, 5) is 15.4. The van der Waals surface area contributed by atoms with Crippen LogP contribution >= 0.6 is 11.6 Å². The van der Waals surface area contributed by atoms with Crippen molar-refractivity contribution >= 4 is 23.2 Å². The van der Waals surface area contributed by atoms with Gasteiger partial charge in [-0.15, -0.1) is 0 Å². The average Bonchev–Trinajstić information content (AvgIpc) is 3.19. The predicted octanol–water partition coefficient (Wildman–Crippen LogP) is 4.72. The van der Waals surface area contributed by atoms with Gasteiger partial charge in [0.2, 0.25) is 0 Å². The number of aryl methyl sites for hydroxylation is 1. The Morgan fingerprint density at radius 3 is 2.59 bits per heavy atom. The summed E-state index contributed by atoms with van der Waals surface area (Å²) in [5.41, 5.74) is 2.26. The van der Waals surface area contributed by atoms with Crippen molar-refractivity contribution in [1.29, 1.82) is 0 Å². The first-order valence-electron chi connectivity index (χ1n) is 10.6. The van der Waals surface area contributed by atoms with Crippen molar-refractivity contribution in [3.8, 4) is 22.8 Å². The number of nitrogens with one attached hydrogen (secondary N) is 1. The van der Waals surface area contributed by atoms with Crippen molar-refractivity contribution in [1.82, 2.24) is 14.7 Å². The van der Waals surface area contributed by atoms with Gasteiger partial charge in [0, 0.05) is 37.1 Å². The number of amides is 1. The molecule has 3 rings (SSSR count). The molecule has 0 atom stereocenters. The normalized spacial score (nSPS) is 10.9. The van der Waals surface area contributed by atoms with E-state index >= 15 is 0 Å². The number of halogens is 1. The summed E-state index contributed by atoms with van der Waals surface area (Å²) in [7, 11) is 3.36. The number of hydrogen-bond donors (Lipinski definition) is 1. The van der Waals surface area contributed by atoms with Crippen molar-refractivity contribution in [3.05, 3.63) is 59.2 Å². The largest absolute Gasteiger partial charge is 0.493 e. The fourth-order valence-electron chi connectivity index (χ4n) is 3.40. The van der Waals surface area contributed by atoms with E-state index in [1.54, 1.807) is 49.3 Å². The number of benzene rings is 2. The van der Waals surface area contributed by atoms with Crippen molar-refractivity contribution in [2.24, 2.45) is 7.05 Å². The lowest BCUT2D eigenvalue weighted by Crippen LogP contribution is -2.28. The highest BCUT2D eigenvalue weighted by molar-refractivity contribution is 6.33. The van der Waals surface area contributed by atoms with E-state index in [1.165, 1.54) is 0 Å². The smallest absolute Gasteiger partial charge is 0.259 e. The molecule has 0 aliphatic heterocycles. The Bertz CT molecular complexity index is 1060. The molecule has 0 fully saturated rings. The maximum absolute atomic E-state index is 13.1. The van der Waals surface area contributed by atoms with E-state index in [-0.39, 0.29) is 5.91 Å². The van der Waals surface area contributed by atoms with E-state index in [1.807, 2.05) is 18.2 Å². The number of carbonyl (C=O) groups is 1. The van der Waals surface area contributed by atoms with Crippen LogP contribution in [0.3, 0.4) is 0 Å². The van der Waals surface area contributed by atoms with Gasteiger partial charge in [-0.25, -0.2) is 0 Å². The Balaban J connectivity index is 1.79. The molecule has 1 N–H and O–H groups in total. The SMILES string of the molecule is CCN(CC)CCOc1cc(NC(=O)c2cn(C)nc2-c2ccccc2Cl)ccc1OC. The van der Waals surface area contributed by atoms with Gasteiger partial charge in [-0.05, 0) is 31.3 Å². The molecule has 0 radical (unpaired) electrons. The molecule has 7 nitrogen and oxygen atoms in total. The minimum Gasteiger partial charge on any atom is -0.493 e. The van der Waals surface area contributed by atoms with E-state index in [0.29, 0.717) is 45.6 Å². The highest BCUT2D eigenvalue weighted by Crippen LogP contribution is 2.32. The van der Waals surface area contributed by atoms with Crippen molar-refractivity contribution < 1.29 is 14.3 Å². The average molecular weight is 457 g/mol.